The Morgan fingerprint density at radius 1 is 1.07 bits per heavy atom. The Kier molecular flexibility index (Phi) is 6.41. The number of nitrogens with zero attached hydrogens (tertiary/aromatic N) is 2. The average Bonchev–Trinajstić information content (AvgIpc) is 2.70. The van der Waals surface area contributed by atoms with Crippen molar-refractivity contribution in [2.24, 2.45) is 5.10 Å². The predicted octanol–water partition coefficient (Wildman–Crippen LogP) is 3.68. The molecule has 0 atom stereocenters. The molecular weight excluding hydrogens is 356 g/mol. The standard InChI is InChI=1S/C21H22N4O3/c1-3-27-17-11-10-16(19(12-17)28-4-2)14-22-25-21-23-18(13-20(26)24-21)15-8-6-5-7-9-15/h5-14H,3-4H2,1-2H3,(H2,23,24,25,26)/b22-14-. The summed E-state index contributed by atoms with van der Waals surface area (Å²) < 4.78 is 11.2. The van der Waals surface area contributed by atoms with E-state index in [0.717, 1.165) is 16.9 Å². The van der Waals surface area contributed by atoms with Crippen LogP contribution in [0.3, 0.4) is 0 Å². The predicted molar refractivity (Wildman–Crippen MR) is 110 cm³/mol. The zero-order valence-corrected chi connectivity index (χ0v) is 15.8. The highest BCUT2D eigenvalue weighted by atomic mass is 16.5. The molecule has 3 rings (SSSR count). The molecule has 0 bridgehead atoms. The maximum absolute atomic E-state index is 11.9. The van der Waals surface area contributed by atoms with Crippen LogP contribution >= 0.6 is 0 Å². The monoisotopic (exact) mass is 378 g/mol. The first-order valence-electron chi connectivity index (χ1n) is 9.05. The van der Waals surface area contributed by atoms with Crippen LogP contribution in [0.15, 0.2) is 64.5 Å². The zero-order valence-electron chi connectivity index (χ0n) is 15.8. The summed E-state index contributed by atoms with van der Waals surface area (Å²) in [6.45, 7) is 4.95. The molecule has 144 valence electrons. The zero-order chi connectivity index (χ0) is 19.8. The van der Waals surface area contributed by atoms with E-state index in [0.29, 0.717) is 24.7 Å². The molecular formula is C21H22N4O3. The van der Waals surface area contributed by atoms with Crippen LogP contribution in [0.25, 0.3) is 11.3 Å². The molecule has 0 aliphatic carbocycles. The molecule has 0 radical (unpaired) electrons. The first kappa shape index (κ1) is 19.2. The van der Waals surface area contributed by atoms with Gasteiger partial charge in [-0.05, 0) is 26.0 Å². The maximum atomic E-state index is 11.9. The SMILES string of the molecule is CCOc1ccc(/C=N\Nc2nc(-c3ccccc3)cc(=O)[nH]2)c(OCC)c1. The van der Waals surface area contributed by atoms with Crippen LogP contribution in [0.2, 0.25) is 0 Å². The Labute approximate surface area is 163 Å². The molecule has 1 heterocycles. The summed E-state index contributed by atoms with van der Waals surface area (Å²) in [7, 11) is 0. The summed E-state index contributed by atoms with van der Waals surface area (Å²) in [6.07, 6.45) is 1.61. The Balaban J connectivity index is 1.79. The molecule has 0 aliphatic rings. The van der Waals surface area contributed by atoms with Crippen molar-refractivity contribution < 1.29 is 9.47 Å². The number of anilines is 1. The first-order valence-corrected chi connectivity index (χ1v) is 9.05. The second kappa shape index (κ2) is 9.36. The fraction of sp³-hybridized carbons (Fsp3) is 0.190. The maximum Gasteiger partial charge on any atom is 0.252 e. The highest BCUT2D eigenvalue weighted by Crippen LogP contribution is 2.24. The van der Waals surface area contributed by atoms with Gasteiger partial charge in [0.1, 0.15) is 11.5 Å². The van der Waals surface area contributed by atoms with Crippen LogP contribution < -0.4 is 20.5 Å². The molecule has 28 heavy (non-hydrogen) atoms. The van der Waals surface area contributed by atoms with E-state index in [-0.39, 0.29) is 11.5 Å². The van der Waals surface area contributed by atoms with Gasteiger partial charge in [-0.15, -0.1) is 0 Å². The van der Waals surface area contributed by atoms with Gasteiger partial charge < -0.3 is 9.47 Å². The summed E-state index contributed by atoms with van der Waals surface area (Å²) in [6, 6.07) is 16.5. The molecule has 0 saturated carbocycles. The van der Waals surface area contributed by atoms with E-state index in [1.165, 1.54) is 6.07 Å². The lowest BCUT2D eigenvalue weighted by Gasteiger charge is -2.10. The molecule has 0 aliphatic heterocycles. The van der Waals surface area contributed by atoms with Crippen molar-refractivity contribution >= 4 is 12.2 Å². The highest BCUT2D eigenvalue weighted by Gasteiger charge is 2.05. The van der Waals surface area contributed by atoms with E-state index in [2.05, 4.69) is 20.5 Å². The van der Waals surface area contributed by atoms with Crippen molar-refractivity contribution in [2.45, 2.75) is 13.8 Å². The quantitative estimate of drug-likeness (QED) is 0.461. The molecule has 3 aromatic rings. The first-order chi connectivity index (χ1) is 13.7. The minimum absolute atomic E-state index is 0.256. The number of hydrogen-bond donors (Lipinski definition) is 2. The van der Waals surface area contributed by atoms with Crippen molar-refractivity contribution in [3.8, 4) is 22.8 Å². The summed E-state index contributed by atoms with van der Waals surface area (Å²) in [4.78, 5) is 19.0. The van der Waals surface area contributed by atoms with Crippen molar-refractivity contribution in [2.75, 3.05) is 18.6 Å². The average molecular weight is 378 g/mol. The summed E-state index contributed by atoms with van der Waals surface area (Å²) >= 11 is 0. The largest absolute Gasteiger partial charge is 0.494 e. The van der Waals surface area contributed by atoms with Gasteiger partial charge >= 0.3 is 0 Å². The number of hydrazone groups is 1. The number of nitrogens with one attached hydrogen (secondary N) is 2. The van der Waals surface area contributed by atoms with Gasteiger partial charge in [0, 0.05) is 23.3 Å². The normalized spacial score (nSPS) is 10.8. The Morgan fingerprint density at radius 2 is 1.86 bits per heavy atom. The van der Waals surface area contributed by atoms with Crippen LogP contribution in [0, 0.1) is 0 Å². The van der Waals surface area contributed by atoms with E-state index in [9.17, 15) is 4.79 Å². The topological polar surface area (TPSA) is 88.6 Å². The van der Waals surface area contributed by atoms with Gasteiger partial charge in [0.25, 0.3) is 5.56 Å². The van der Waals surface area contributed by atoms with Gasteiger partial charge in [-0.1, -0.05) is 30.3 Å². The smallest absolute Gasteiger partial charge is 0.252 e. The molecule has 0 amide bonds. The van der Waals surface area contributed by atoms with Gasteiger partial charge in [-0.3, -0.25) is 9.78 Å². The van der Waals surface area contributed by atoms with Crippen molar-refractivity contribution in [3.05, 3.63) is 70.5 Å². The van der Waals surface area contributed by atoms with Gasteiger partial charge in [0.15, 0.2) is 0 Å². The van der Waals surface area contributed by atoms with Gasteiger partial charge in [-0.2, -0.15) is 5.10 Å². The van der Waals surface area contributed by atoms with Gasteiger partial charge in [0.2, 0.25) is 5.95 Å². The van der Waals surface area contributed by atoms with Crippen LogP contribution in [0.5, 0.6) is 11.5 Å². The fourth-order valence-corrected chi connectivity index (χ4v) is 2.59. The van der Waals surface area contributed by atoms with E-state index < -0.39 is 0 Å². The molecule has 1 aromatic heterocycles. The Bertz CT molecular complexity index is 1000. The van der Waals surface area contributed by atoms with E-state index >= 15 is 0 Å². The van der Waals surface area contributed by atoms with Crippen LogP contribution in [-0.4, -0.2) is 29.4 Å². The Hall–Kier alpha value is -3.61. The van der Waals surface area contributed by atoms with Gasteiger partial charge in [-0.25, -0.2) is 10.4 Å². The third-order valence-corrected chi connectivity index (χ3v) is 3.78. The summed E-state index contributed by atoms with van der Waals surface area (Å²) in [5, 5.41) is 4.18. The van der Waals surface area contributed by atoms with Crippen LogP contribution in [0.4, 0.5) is 5.95 Å². The number of benzene rings is 2. The minimum atomic E-state index is -0.261. The van der Waals surface area contributed by atoms with Gasteiger partial charge in [0.05, 0.1) is 25.1 Å². The molecule has 7 heteroatoms. The number of aromatic nitrogens is 2. The second-order valence-corrected chi connectivity index (χ2v) is 5.78. The number of rotatable bonds is 8. The number of ether oxygens (including phenoxy) is 2. The third-order valence-electron chi connectivity index (χ3n) is 3.78. The minimum Gasteiger partial charge on any atom is -0.494 e. The summed E-state index contributed by atoms with van der Waals surface area (Å²) in [5.41, 5.74) is 4.71. The molecule has 7 nitrogen and oxygen atoms in total. The molecule has 0 unspecified atom stereocenters. The Morgan fingerprint density at radius 3 is 2.61 bits per heavy atom. The third kappa shape index (κ3) is 4.97. The van der Waals surface area contributed by atoms with Crippen molar-refractivity contribution in [1.29, 1.82) is 0 Å². The van der Waals surface area contributed by atoms with Crippen molar-refractivity contribution in [1.82, 2.24) is 9.97 Å². The number of aromatic amines is 1. The van der Waals surface area contributed by atoms with Crippen LogP contribution in [0.1, 0.15) is 19.4 Å². The molecule has 0 spiro atoms. The fourth-order valence-electron chi connectivity index (χ4n) is 2.59. The van der Waals surface area contributed by atoms with E-state index in [1.807, 2.05) is 62.4 Å². The molecule has 2 N–H and O–H groups in total. The lowest BCUT2D eigenvalue weighted by Crippen LogP contribution is -2.10. The molecule has 2 aromatic carbocycles. The lowest BCUT2D eigenvalue weighted by atomic mass is 10.1. The molecule has 0 saturated heterocycles. The van der Waals surface area contributed by atoms with E-state index in [1.54, 1.807) is 6.21 Å². The number of hydrogen-bond acceptors (Lipinski definition) is 6. The van der Waals surface area contributed by atoms with E-state index in [4.69, 9.17) is 9.47 Å². The highest BCUT2D eigenvalue weighted by molar-refractivity contribution is 5.84. The second-order valence-electron chi connectivity index (χ2n) is 5.78. The van der Waals surface area contributed by atoms with Crippen molar-refractivity contribution in [3.63, 3.8) is 0 Å². The summed E-state index contributed by atoms with van der Waals surface area (Å²) in [5.74, 6) is 1.66. The van der Waals surface area contributed by atoms with Crippen LogP contribution in [-0.2, 0) is 0 Å². The lowest BCUT2D eigenvalue weighted by molar-refractivity contribution is 0.323. The molecule has 0 fully saturated rings. The number of H-pyrrole nitrogens is 1.